The molecule has 3 nitrogen and oxygen atoms in total. The van der Waals surface area contributed by atoms with E-state index in [2.05, 4.69) is 92.7 Å². The van der Waals surface area contributed by atoms with E-state index < -0.39 is 0 Å². The summed E-state index contributed by atoms with van der Waals surface area (Å²) in [6.07, 6.45) is 0. The van der Waals surface area contributed by atoms with E-state index in [0.29, 0.717) is 17.5 Å². The molecule has 0 saturated heterocycles. The molecule has 0 radical (unpaired) electrons. The van der Waals surface area contributed by atoms with Crippen LogP contribution in [0.2, 0.25) is 0 Å². The highest BCUT2D eigenvalue weighted by Crippen LogP contribution is 2.59. The molecule has 2 heterocycles. The fourth-order valence-electron chi connectivity index (χ4n) is 6.84. The second-order valence-electron chi connectivity index (χ2n) is 12.4. The van der Waals surface area contributed by atoms with Gasteiger partial charge >= 0.3 is 0 Å². The fraction of sp³-hybridized carbons (Fsp3) is 0.0714. The zero-order chi connectivity index (χ0) is 31.5. The van der Waals surface area contributed by atoms with E-state index in [1.54, 1.807) is 0 Å². The van der Waals surface area contributed by atoms with E-state index in [4.69, 9.17) is 15.0 Å². The van der Waals surface area contributed by atoms with Crippen molar-refractivity contribution in [3.05, 3.63) is 151 Å². The summed E-state index contributed by atoms with van der Waals surface area (Å²) in [6.45, 7) is 4.70. The molecule has 0 spiro atoms. The molecule has 0 unspecified atom stereocenters. The third-order valence-corrected chi connectivity index (χ3v) is 11.8. The van der Waals surface area contributed by atoms with Crippen molar-refractivity contribution in [2.24, 2.45) is 0 Å². The van der Waals surface area contributed by atoms with Crippen LogP contribution >= 0.6 is 23.5 Å². The van der Waals surface area contributed by atoms with Crippen LogP contribution < -0.4 is 0 Å². The lowest BCUT2D eigenvalue weighted by Crippen LogP contribution is -2.14. The summed E-state index contributed by atoms with van der Waals surface area (Å²) in [7, 11) is 0. The number of aromatic nitrogens is 3. The lowest BCUT2D eigenvalue weighted by atomic mass is 9.82. The quantitative estimate of drug-likeness (QED) is 0.192. The SMILES string of the molecule is CC1(C)c2ccccc2-c2c1ccc1c2Sc2c(cccc2-c2cccc(-c3nc(-c4ccccc4)nc(-c4ccccc4)n3)c2)S1. The molecule has 6 aromatic carbocycles. The zero-order valence-corrected chi connectivity index (χ0v) is 27.6. The Labute approximate surface area is 283 Å². The van der Waals surface area contributed by atoms with E-state index in [0.717, 1.165) is 22.3 Å². The lowest BCUT2D eigenvalue weighted by Gasteiger charge is -2.25. The molecule has 0 fully saturated rings. The Bertz CT molecular complexity index is 2270. The number of fused-ring (bicyclic) bond motifs is 6. The van der Waals surface area contributed by atoms with E-state index in [-0.39, 0.29) is 5.41 Å². The summed E-state index contributed by atoms with van der Waals surface area (Å²) in [5.74, 6) is 1.99. The molecule has 0 atom stereocenters. The van der Waals surface area contributed by atoms with Gasteiger partial charge in [0.1, 0.15) is 0 Å². The van der Waals surface area contributed by atoms with Crippen LogP contribution in [0.3, 0.4) is 0 Å². The van der Waals surface area contributed by atoms with Crippen LogP contribution in [-0.4, -0.2) is 15.0 Å². The maximum absolute atomic E-state index is 4.99. The summed E-state index contributed by atoms with van der Waals surface area (Å²) in [5, 5.41) is 0. The highest BCUT2D eigenvalue weighted by molar-refractivity contribution is 8.05. The second kappa shape index (κ2) is 11.1. The summed E-state index contributed by atoms with van der Waals surface area (Å²) in [6, 6.07) is 49.2. The van der Waals surface area contributed by atoms with Gasteiger partial charge < -0.3 is 0 Å². The predicted octanol–water partition coefficient (Wildman–Crippen LogP) is 11.5. The van der Waals surface area contributed by atoms with Crippen molar-refractivity contribution in [1.82, 2.24) is 15.0 Å². The number of hydrogen-bond acceptors (Lipinski definition) is 5. The number of benzene rings is 6. The van der Waals surface area contributed by atoms with Gasteiger partial charge in [-0.15, -0.1) is 0 Å². The van der Waals surface area contributed by atoms with Crippen LogP contribution in [0.5, 0.6) is 0 Å². The van der Waals surface area contributed by atoms with E-state index >= 15 is 0 Å². The van der Waals surface area contributed by atoms with Crippen LogP contribution in [0.1, 0.15) is 25.0 Å². The van der Waals surface area contributed by atoms with Gasteiger partial charge in [-0.2, -0.15) is 0 Å². The molecule has 7 aromatic rings. The fourth-order valence-corrected chi connectivity index (χ4v) is 9.41. The first-order chi connectivity index (χ1) is 23.0. The third kappa shape index (κ3) is 4.72. The minimum atomic E-state index is -0.0257. The van der Waals surface area contributed by atoms with Crippen molar-refractivity contribution < 1.29 is 0 Å². The average Bonchev–Trinajstić information content (AvgIpc) is 3.37. The van der Waals surface area contributed by atoms with Crippen molar-refractivity contribution in [3.8, 4) is 56.4 Å². The predicted molar refractivity (Wildman–Crippen MR) is 194 cm³/mol. The monoisotopic (exact) mass is 639 g/mol. The Balaban J connectivity index is 1.16. The Kier molecular flexibility index (Phi) is 6.66. The number of nitrogens with zero attached hydrogens (tertiary/aromatic N) is 3. The summed E-state index contributed by atoms with van der Waals surface area (Å²) >= 11 is 3.79. The summed E-state index contributed by atoms with van der Waals surface area (Å²) in [5.41, 5.74) is 10.8. The van der Waals surface area contributed by atoms with Crippen molar-refractivity contribution in [3.63, 3.8) is 0 Å². The Morgan fingerprint density at radius 3 is 1.70 bits per heavy atom. The number of rotatable bonds is 4. The molecule has 2 aliphatic rings. The first kappa shape index (κ1) is 28.3. The molecule has 1 aliphatic heterocycles. The second-order valence-corrected chi connectivity index (χ2v) is 14.5. The Hall–Kier alpha value is -4.97. The molecule has 0 N–H and O–H groups in total. The number of hydrogen-bond donors (Lipinski definition) is 0. The summed E-state index contributed by atoms with van der Waals surface area (Å²) in [4.78, 5) is 20.1. The standard InChI is InChI=1S/C42H29N3S2/c1-42(2)32-21-10-9-19-31(32)36-33(42)23-24-35-38(36)47-37-30(20-12-22-34(37)46-35)28-17-11-18-29(25-28)41-44-39(26-13-5-3-6-14-26)43-40(45-41)27-15-7-4-8-16-27/h3-25H,1-2H3. The topological polar surface area (TPSA) is 38.7 Å². The molecule has 5 heteroatoms. The highest BCUT2D eigenvalue weighted by atomic mass is 32.2. The van der Waals surface area contributed by atoms with Crippen LogP contribution in [-0.2, 0) is 5.41 Å². The minimum absolute atomic E-state index is 0.0257. The minimum Gasteiger partial charge on any atom is -0.208 e. The largest absolute Gasteiger partial charge is 0.208 e. The van der Waals surface area contributed by atoms with Crippen molar-refractivity contribution in [2.75, 3.05) is 0 Å². The van der Waals surface area contributed by atoms with Crippen LogP contribution in [0, 0.1) is 0 Å². The average molecular weight is 640 g/mol. The first-order valence-corrected chi connectivity index (χ1v) is 17.4. The zero-order valence-electron chi connectivity index (χ0n) is 25.9. The van der Waals surface area contributed by atoms with Crippen LogP contribution in [0.25, 0.3) is 56.4 Å². The van der Waals surface area contributed by atoms with Crippen molar-refractivity contribution in [2.45, 2.75) is 38.8 Å². The van der Waals surface area contributed by atoms with E-state index in [1.807, 2.05) is 84.2 Å². The Morgan fingerprint density at radius 2 is 0.979 bits per heavy atom. The Morgan fingerprint density at radius 1 is 0.426 bits per heavy atom. The maximum atomic E-state index is 4.99. The molecule has 1 aliphatic carbocycles. The van der Waals surface area contributed by atoms with Gasteiger partial charge in [0.25, 0.3) is 0 Å². The molecular formula is C42H29N3S2. The van der Waals surface area contributed by atoms with Gasteiger partial charge in [-0.05, 0) is 46.0 Å². The van der Waals surface area contributed by atoms with Gasteiger partial charge in [0, 0.05) is 47.3 Å². The van der Waals surface area contributed by atoms with Crippen molar-refractivity contribution in [1.29, 1.82) is 0 Å². The molecule has 1 aromatic heterocycles. The highest BCUT2D eigenvalue weighted by Gasteiger charge is 2.38. The molecule has 0 saturated carbocycles. The lowest BCUT2D eigenvalue weighted by molar-refractivity contribution is 0.659. The maximum Gasteiger partial charge on any atom is 0.164 e. The summed E-state index contributed by atoms with van der Waals surface area (Å²) < 4.78 is 0. The van der Waals surface area contributed by atoms with Gasteiger partial charge in [0.05, 0.1) is 0 Å². The van der Waals surface area contributed by atoms with Gasteiger partial charge in [-0.25, -0.2) is 15.0 Å². The van der Waals surface area contributed by atoms with Gasteiger partial charge in [-0.1, -0.05) is 159 Å². The van der Waals surface area contributed by atoms with E-state index in [1.165, 1.54) is 47.4 Å². The molecule has 0 amide bonds. The van der Waals surface area contributed by atoms with Crippen LogP contribution in [0.15, 0.2) is 159 Å². The molecule has 9 rings (SSSR count). The molecule has 47 heavy (non-hydrogen) atoms. The van der Waals surface area contributed by atoms with Gasteiger partial charge in [0.15, 0.2) is 17.5 Å². The molecular weight excluding hydrogens is 611 g/mol. The van der Waals surface area contributed by atoms with Crippen LogP contribution in [0.4, 0.5) is 0 Å². The third-order valence-electron chi connectivity index (χ3n) is 9.20. The first-order valence-electron chi connectivity index (χ1n) is 15.8. The van der Waals surface area contributed by atoms with Gasteiger partial charge in [0.2, 0.25) is 0 Å². The van der Waals surface area contributed by atoms with Crippen molar-refractivity contribution >= 4 is 23.5 Å². The molecule has 224 valence electrons. The van der Waals surface area contributed by atoms with E-state index in [9.17, 15) is 0 Å². The molecule has 0 bridgehead atoms. The smallest absolute Gasteiger partial charge is 0.164 e. The van der Waals surface area contributed by atoms with Gasteiger partial charge in [-0.3, -0.25) is 0 Å². The normalized spacial score (nSPS) is 13.7.